The first-order valence-electron chi connectivity index (χ1n) is 5.57. The number of aromatic nitrogens is 2. The molecule has 1 heterocycles. The molecule has 1 saturated carbocycles. The van der Waals surface area contributed by atoms with Crippen LogP contribution in [0.15, 0.2) is 4.52 Å². The van der Waals surface area contributed by atoms with Crippen molar-refractivity contribution in [3.8, 4) is 0 Å². The fraction of sp³-hybridized carbons (Fsp3) is 0.727. The molecule has 0 unspecified atom stereocenters. The third-order valence-electron chi connectivity index (χ3n) is 2.90. The Morgan fingerprint density at radius 1 is 1.47 bits per heavy atom. The van der Waals surface area contributed by atoms with E-state index in [1.54, 1.807) is 6.92 Å². The first kappa shape index (κ1) is 10.3. The van der Waals surface area contributed by atoms with Crippen molar-refractivity contribution in [2.45, 2.75) is 51.4 Å². The van der Waals surface area contributed by atoms with Crippen LogP contribution in [0, 0.1) is 0 Å². The largest absolute Gasteiger partial charge is 0.339 e. The van der Waals surface area contributed by atoms with Gasteiger partial charge in [0.15, 0.2) is 5.82 Å². The van der Waals surface area contributed by atoms with E-state index in [9.17, 15) is 4.79 Å². The first-order chi connectivity index (χ1) is 7.25. The van der Waals surface area contributed by atoms with Crippen molar-refractivity contribution in [2.75, 3.05) is 0 Å². The molecule has 1 aliphatic rings. The van der Waals surface area contributed by atoms with Gasteiger partial charge in [-0.3, -0.25) is 0 Å². The van der Waals surface area contributed by atoms with Gasteiger partial charge in [0, 0.05) is 18.8 Å². The molecule has 0 atom stereocenters. The van der Waals surface area contributed by atoms with E-state index < -0.39 is 0 Å². The van der Waals surface area contributed by atoms with Crippen LogP contribution < -0.4 is 0 Å². The minimum atomic E-state index is 0.163. The fourth-order valence-electron chi connectivity index (χ4n) is 2.00. The smallest absolute Gasteiger partial charge is 0.227 e. The molecule has 4 heteroatoms. The standard InChI is InChI=1S/C11H16N2O2/c1-8(14)6-7-10-12-11(13-15-10)9-4-2-3-5-9/h9H,2-7H2,1H3. The second-order valence-corrected chi connectivity index (χ2v) is 4.23. The molecular formula is C11H16N2O2. The fourth-order valence-corrected chi connectivity index (χ4v) is 2.00. The molecule has 15 heavy (non-hydrogen) atoms. The molecular weight excluding hydrogens is 192 g/mol. The average molecular weight is 208 g/mol. The van der Waals surface area contributed by atoms with Crippen molar-refractivity contribution in [3.63, 3.8) is 0 Å². The summed E-state index contributed by atoms with van der Waals surface area (Å²) in [6.45, 7) is 1.58. The second-order valence-electron chi connectivity index (χ2n) is 4.23. The number of aryl methyl sites for hydroxylation is 1. The van der Waals surface area contributed by atoms with Gasteiger partial charge in [-0.2, -0.15) is 4.98 Å². The zero-order chi connectivity index (χ0) is 10.7. The molecule has 82 valence electrons. The van der Waals surface area contributed by atoms with E-state index in [2.05, 4.69) is 10.1 Å². The SMILES string of the molecule is CC(=O)CCc1nc(C2CCCC2)no1. The number of hydrogen-bond acceptors (Lipinski definition) is 4. The Morgan fingerprint density at radius 2 is 2.20 bits per heavy atom. The van der Waals surface area contributed by atoms with Gasteiger partial charge in [0.25, 0.3) is 0 Å². The number of rotatable bonds is 4. The molecule has 0 saturated heterocycles. The van der Waals surface area contributed by atoms with Gasteiger partial charge in [0.05, 0.1) is 0 Å². The van der Waals surface area contributed by atoms with Gasteiger partial charge in [-0.05, 0) is 19.8 Å². The zero-order valence-corrected chi connectivity index (χ0v) is 9.03. The van der Waals surface area contributed by atoms with Gasteiger partial charge in [-0.25, -0.2) is 0 Å². The van der Waals surface area contributed by atoms with Crippen LogP contribution in [0.1, 0.15) is 56.7 Å². The van der Waals surface area contributed by atoms with Crippen molar-refractivity contribution in [1.29, 1.82) is 0 Å². The Balaban J connectivity index is 1.94. The quantitative estimate of drug-likeness (QED) is 0.761. The van der Waals surface area contributed by atoms with Crippen molar-refractivity contribution < 1.29 is 9.32 Å². The lowest BCUT2D eigenvalue weighted by Crippen LogP contribution is -1.97. The summed E-state index contributed by atoms with van der Waals surface area (Å²) < 4.78 is 5.11. The molecule has 0 aromatic carbocycles. The predicted octanol–water partition coefficient (Wildman–Crippen LogP) is 2.25. The van der Waals surface area contributed by atoms with Gasteiger partial charge in [-0.15, -0.1) is 0 Å². The van der Waals surface area contributed by atoms with E-state index in [4.69, 9.17) is 4.52 Å². The molecule has 0 amide bonds. The van der Waals surface area contributed by atoms with Crippen LogP contribution >= 0.6 is 0 Å². The average Bonchev–Trinajstić information content (AvgIpc) is 2.85. The monoisotopic (exact) mass is 208 g/mol. The maximum absolute atomic E-state index is 10.8. The van der Waals surface area contributed by atoms with Crippen LogP contribution in [0.5, 0.6) is 0 Å². The number of carbonyl (C=O) groups excluding carboxylic acids is 1. The molecule has 0 bridgehead atoms. The van der Waals surface area contributed by atoms with Gasteiger partial charge in [0.2, 0.25) is 5.89 Å². The summed E-state index contributed by atoms with van der Waals surface area (Å²) in [7, 11) is 0. The highest BCUT2D eigenvalue weighted by molar-refractivity contribution is 5.75. The Hall–Kier alpha value is -1.19. The Kier molecular flexibility index (Phi) is 3.14. The van der Waals surface area contributed by atoms with E-state index in [-0.39, 0.29) is 5.78 Å². The lowest BCUT2D eigenvalue weighted by atomic mass is 10.1. The molecule has 1 aliphatic carbocycles. The van der Waals surface area contributed by atoms with Crippen molar-refractivity contribution in [2.24, 2.45) is 0 Å². The van der Waals surface area contributed by atoms with Crippen molar-refractivity contribution >= 4 is 5.78 Å². The second kappa shape index (κ2) is 4.55. The molecule has 0 spiro atoms. The normalized spacial score (nSPS) is 17.1. The summed E-state index contributed by atoms with van der Waals surface area (Å²) in [6, 6.07) is 0. The summed E-state index contributed by atoms with van der Waals surface area (Å²) >= 11 is 0. The van der Waals surface area contributed by atoms with Gasteiger partial charge in [0.1, 0.15) is 5.78 Å². The highest BCUT2D eigenvalue weighted by Gasteiger charge is 2.22. The van der Waals surface area contributed by atoms with Gasteiger partial charge in [-0.1, -0.05) is 18.0 Å². The van der Waals surface area contributed by atoms with Crippen LogP contribution in [0.2, 0.25) is 0 Å². The molecule has 1 aromatic heterocycles. The Morgan fingerprint density at radius 3 is 2.87 bits per heavy atom. The molecule has 0 radical (unpaired) electrons. The Bertz CT molecular complexity index is 340. The van der Waals surface area contributed by atoms with E-state index in [0.29, 0.717) is 24.7 Å². The van der Waals surface area contributed by atoms with Gasteiger partial charge < -0.3 is 9.32 Å². The summed E-state index contributed by atoms with van der Waals surface area (Å²) in [4.78, 5) is 15.1. The maximum atomic E-state index is 10.8. The third kappa shape index (κ3) is 2.64. The summed E-state index contributed by atoms with van der Waals surface area (Å²) in [5.41, 5.74) is 0. The third-order valence-corrected chi connectivity index (χ3v) is 2.90. The highest BCUT2D eigenvalue weighted by Crippen LogP contribution is 2.32. The lowest BCUT2D eigenvalue weighted by Gasteiger charge is -1.99. The topological polar surface area (TPSA) is 56.0 Å². The van der Waals surface area contributed by atoms with Crippen LogP contribution in [-0.4, -0.2) is 15.9 Å². The Labute approximate surface area is 89.1 Å². The highest BCUT2D eigenvalue weighted by atomic mass is 16.5. The number of Topliss-reactive ketones (excluding diaryl/α,β-unsaturated/α-hetero) is 1. The first-order valence-corrected chi connectivity index (χ1v) is 5.57. The molecule has 0 aliphatic heterocycles. The number of hydrogen-bond donors (Lipinski definition) is 0. The van der Waals surface area contributed by atoms with Crippen LogP contribution in [0.3, 0.4) is 0 Å². The molecule has 2 rings (SSSR count). The van der Waals surface area contributed by atoms with Crippen LogP contribution in [0.25, 0.3) is 0 Å². The molecule has 1 aromatic rings. The minimum absolute atomic E-state index is 0.163. The van der Waals surface area contributed by atoms with Crippen molar-refractivity contribution in [1.82, 2.24) is 10.1 Å². The number of nitrogens with zero attached hydrogens (tertiary/aromatic N) is 2. The summed E-state index contributed by atoms with van der Waals surface area (Å²) in [5, 5.41) is 3.98. The lowest BCUT2D eigenvalue weighted by molar-refractivity contribution is -0.117. The van der Waals surface area contributed by atoms with Crippen LogP contribution in [0.4, 0.5) is 0 Å². The van der Waals surface area contributed by atoms with Gasteiger partial charge >= 0.3 is 0 Å². The zero-order valence-electron chi connectivity index (χ0n) is 9.03. The predicted molar refractivity (Wildman–Crippen MR) is 54.5 cm³/mol. The molecule has 4 nitrogen and oxygen atoms in total. The van der Waals surface area contributed by atoms with Crippen LogP contribution in [-0.2, 0) is 11.2 Å². The minimum Gasteiger partial charge on any atom is -0.339 e. The molecule has 1 fully saturated rings. The number of carbonyl (C=O) groups is 1. The van der Waals surface area contributed by atoms with E-state index in [0.717, 1.165) is 5.82 Å². The van der Waals surface area contributed by atoms with E-state index in [1.807, 2.05) is 0 Å². The summed E-state index contributed by atoms with van der Waals surface area (Å²) in [5.74, 6) is 2.09. The molecule has 0 N–H and O–H groups in total. The van der Waals surface area contributed by atoms with E-state index >= 15 is 0 Å². The maximum Gasteiger partial charge on any atom is 0.227 e. The summed E-state index contributed by atoms with van der Waals surface area (Å²) in [6.07, 6.45) is 5.95. The number of ketones is 1. The van der Waals surface area contributed by atoms with Crippen molar-refractivity contribution in [3.05, 3.63) is 11.7 Å². The van der Waals surface area contributed by atoms with E-state index in [1.165, 1.54) is 25.7 Å².